The van der Waals surface area contributed by atoms with Gasteiger partial charge in [-0.25, -0.2) is 4.79 Å². The van der Waals surface area contributed by atoms with Gasteiger partial charge in [-0.05, 0) is 43.6 Å². The van der Waals surface area contributed by atoms with Gasteiger partial charge in [0, 0.05) is 0 Å². The largest absolute Gasteiger partial charge is 0.478 e. The summed E-state index contributed by atoms with van der Waals surface area (Å²) in [6.45, 7) is 2.86. The molecule has 0 saturated heterocycles. The Kier molecular flexibility index (Phi) is 4.31. The van der Waals surface area contributed by atoms with Crippen LogP contribution in [0.4, 0.5) is 0 Å². The number of aromatic carboxylic acids is 1. The first kappa shape index (κ1) is 11.7. The Hall–Kier alpha value is -1.35. The Morgan fingerprint density at radius 2 is 2.20 bits per heavy atom. The van der Waals surface area contributed by atoms with E-state index < -0.39 is 5.97 Å². The lowest BCUT2D eigenvalue weighted by molar-refractivity contribution is 0.0695. The Balaban J connectivity index is 3.04. The lowest BCUT2D eigenvalue weighted by atomic mass is 9.97. The molecular weight excluding hydrogens is 190 g/mol. The number of likely N-dealkylation sites (N-methyl/N-ethyl adjacent to an activating group) is 1. The molecule has 1 aromatic rings. The molecule has 0 aliphatic heterocycles. The summed E-state index contributed by atoms with van der Waals surface area (Å²) in [4.78, 5) is 11.0. The van der Waals surface area contributed by atoms with Gasteiger partial charge in [0.05, 0.1) is 5.56 Å². The van der Waals surface area contributed by atoms with Crippen molar-refractivity contribution in [3.8, 4) is 0 Å². The Morgan fingerprint density at radius 1 is 1.47 bits per heavy atom. The van der Waals surface area contributed by atoms with E-state index in [2.05, 4.69) is 5.32 Å². The Labute approximate surface area is 90.1 Å². The van der Waals surface area contributed by atoms with E-state index in [0.717, 1.165) is 30.5 Å². The van der Waals surface area contributed by atoms with Crippen molar-refractivity contribution >= 4 is 5.97 Å². The van der Waals surface area contributed by atoms with Crippen LogP contribution in [0, 0.1) is 0 Å². The van der Waals surface area contributed by atoms with Gasteiger partial charge in [-0.3, -0.25) is 0 Å². The van der Waals surface area contributed by atoms with Crippen molar-refractivity contribution in [2.75, 3.05) is 13.6 Å². The maximum absolute atomic E-state index is 11.0. The summed E-state index contributed by atoms with van der Waals surface area (Å²) in [7, 11) is 1.90. The molecule has 0 aromatic heterocycles. The van der Waals surface area contributed by atoms with E-state index in [9.17, 15) is 4.79 Å². The van der Waals surface area contributed by atoms with Crippen molar-refractivity contribution in [2.24, 2.45) is 0 Å². The molecule has 0 aliphatic carbocycles. The first-order chi connectivity index (χ1) is 7.20. The van der Waals surface area contributed by atoms with Gasteiger partial charge in [0.1, 0.15) is 0 Å². The van der Waals surface area contributed by atoms with Crippen LogP contribution < -0.4 is 5.32 Å². The lowest BCUT2D eigenvalue weighted by Gasteiger charge is -2.10. The fourth-order valence-electron chi connectivity index (χ4n) is 1.75. The molecule has 0 atom stereocenters. The van der Waals surface area contributed by atoms with Crippen molar-refractivity contribution in [1.29, 1.82) is 0 Å². The summed E-state index contributed by atoms with van der Waals surface area (Å²) in [5, 5.41) is 12.1. The van der Waals surface area contributed by atoms with Gasteiger partial charge in [0.25, 0.3) is 0 Å². The van der Waals surface area contributed by atoms with Crippen LogP contribution in [0.25, 0.3) is 0 Å². The van der Waals surface area contributed by atoms with E-state index in [1.165, 1.54) is 0 Å². The van der Waals surface area contributed by atoms with Crippen LogP contribution in [0.2, 0.25) is 0 Å². The molecule has 0 unspecified atom stereocenters. The molecule has 0 bridgehead atoms. The minimum Gasteiger partial charge on any atom is -0.478 e. The number of hydrogen-bond acceptors (Lipinski definition) is 2. The molecule has 0 fully saturated rings. The Morgan fingerprint density at radius 3 is 2.73 bits per heavy atom. The lowest BCUT2D eigenvalue weighted by Crippen LogP contribution is -2.13. The fraction of sp³-hybridized carbons (Fsp3) is 0.417. The van der Waals surface area contributed by atoms with Crippen molar-refractivity contribution in [1.82, 2.24) is 5.32 Å². The fourth-order valence-corrected chi connectivity index (χ4v) is 1.75. The third-order valence-electron chi connectivity index (χ3n) is 2.50. The van der Waals surface area contributed by atoms with Gasteiger partial charge >= 0.3 is 5.97 Å². The summed E-state index contributed by atoms with van der Waals surface area (Å²) in [5.74, 6) is -0.835. The zero-order valence-electron chi connectivity index (χ0n) is 9.21. The summed E-state index contributed by atoms with van der Waals surface area (Å²) in [6.07, 6.45) is 1.64. The van der Waals surface area contributed by atoms with E-state index in [1.807, 2.05) is 26.1 Å². The smallest absolute Gasteiger partial charge is 0.335 e. The van der Waals surface area contributed by atoms with Crippen LogP contribution in [0.1, 0.15) is 28.4 Å². The highest BCUT2D eigenvalue weighted by Gasteiger charge is 2.11. The molecule has 0 aliphatic rings. The standard InChI is InChI=1S/C12H17NO2/c1-3-10-9(7-8-13-2)5-4-6-11(10)12(14)15/h4-6,13H,3,7-8H2,1-2H3,(H,14,15). The molecule has 1 rings (SSSR count). The number of benzene rings is 1. The van der Waals surface area contributed by atoms with Crippen molar-refractivity contribution in [3.63, 3.8) is 0 Å². The normalized spacial score (nSPS) is 10.3. The van der Waals surface area contributed by atoms with Gasteiger partial charge in [-0.15, -0.1) is 0 Å². The highest BCUT2D eigenvalue weighted by atomic mass is 16.4. The van der Waals surface area contributed by atoms with Gasteiger partial charge in [0.2, 0.25) is 0 Å². The summed E-state index contributed by atoms with van der Waals surface area (Å²) < 4.78 is 0. The van der Waals surface area contributed by atoms with Crippen molar-refractivity contribution < 1.29 is 9.90 Å². The van der Waals surface area contributed by atoms with Gasteiger partial charge in [-0.2, -0.15) is 0 Å². The highest BCUT2D eigenvalue weighted by molar-refractivity contribution is 5.89. The minimum atomic E-state index is -0.835. The van der Waals surface area contributed by atoms with Crippen LogP contribution in [0.3, 0.4) is 0 Å². The molecule has 3 heteroatoms. The molecule has 0 amide bonds. The number of rotatable bonds is 5. The molecule has 0 radical (unpaired) electrons. The van der Waals surface area contributed by atoms with Crippen LogP contribution in [0.5, 0.6) is 0 Å². The number of nitrogens with one attached hydrogen (secondary N) is 1. The van der Waals surface area contributed by atoms with Crippen LogP contribution in [-0.4, -0.2) is 24.7 Å². The average Bonchev–Trinajstić information content (AvgIpc) is 2.25. The third kappa shape index (κ3) is 2.80. The highest BCUT2D eigenvalue weighted by Crippen LogP contribution is 2.16. The monoisotopic (exact) mass is 207 g/mol. The Bertz CT molecular complexity index is 347. The number of carboxylic acids is 1. The first-order valence-electron chi connectivity index (χ1n) is 5.19. The van der Waals surface area contributed by atoms with Crippen molar-refractivity contribution in [3.05, 3.63) is 34.9 Å². The number of carbonyl (C=O) groups is 1. The predicted octanol–water partition coefficient (Wildman–Crippen LogP) is 1.71. The molecule has 15 heavy (non-hydrogen) atoms. The number of hydrogen-bond donors (Lipinski definition) is 2. The maximum atomic E-state index is 11.0. The molecule has 0 heterocycles. The molecular formula is C12H17NO2. The van der Waals surface area contributed by atoms with Crippen LogP contribution in [0.15, 0.2) is 18.2 Å². The van der Waals surface area contributed by atoms with E-state index >= 15 is 0 Å². The van der Waals surface area contributed by atoms with Gasteiger partial charge in [0.15, 0.2) is 0 Å². The zero-order valence-corrected chi connectivity index (χ0v) is 9.21. The summed E-state index contributed by atoms with van der Waals surface area (Å²) >= 11 is 0. The second-order valence-corrected chi connectivity index (χ2v) is 3.46. The summed E-state index contributed by atoms with van der Waals surface area (Å²) in [6, 6.07) is 5.49. The molecule has 2 N–H and O–H groups in total. The first-order valence-corrected chi connectivity index (χ1v) is 5.19. The van der Waals surface area contributed by atoms with Gasteiger partial charge in [-0.1, -0.05) is 19.1 Å². The second kappa shape index (κ2) is 5.51. The van der Waals surface area contributed by atoms with Crippen LogP contribution in [-0.2, 0) is 12.8 Å². The van der Waals surface area contributed by atoms with Gasteiger partial charge < -0.3 is 10.4 Å². The van der Waals surface area contributed by atoms with E-state index in [-0.39, 0.29) is 0 Å². The maximum Gasteiger partial charge on any atom is 0.335 e. The van der Waals surface area contributed by atoms with Crippen molar-refractivity contribution in [2.45, 2.75) is 19.8 Å². The molecule has 0 spiro atoms. The predicted molar refractivity (Wildman–Crippen MR) is 60.4 cm³/mol. The molecule has 3 nitrogen and oxygen atoms in total. The van der Waals surface area contributed by atoms with Crippen LogP contribution >= 0.6 is 0 Å². The zero-order chi connectivity index (χ0) is 11.3. The topological polar surface area (TPSA) is 49.3 Å². The SMILES string of the molecule is CCc1c(CCNC)cccc1C(=O)O. The second-order valence-electron chi connectivity index (χ2n) is 3.46. The van der Waals surface area contributed by atoms with E-state index in [0.29, 0.717) is 5.56 Å². The quantitative estimate of drug-likeness (QED) is 0.772. The summed E-state index contributed by atoms with van der Waals surface area (Å²) in [5.41, 5.74) is 2.53. The molecule has 0 saturated carbocycles. The molecule has 1 aromatic carbocycles. The number of carboxylic acid groups (broad SMARTS) is 1. The third-order valence-corrected chi connectivity index (χ3v) is 2.50. The van der Waals surface area contributed by atoms with E-state index in [1.54, 1.807) is 6.07 Å². The van der Waals surface area contributed by atoms with E-state index in [4.69, 9.17) is 5.11 Å². The average molecular weight is 207 g/mol. The minimum absolute atomic E-state index is 0.436. The molecule has 82 valence electrons.